The van der Waals surface area contributed by atoms with Crippen LogP contribution in [0.4, 0.5) is 4.79 Å². The summed E-state index contributed by atoms with van der Waals surface area (Å²) in [6.45, 7) is 4.01. The molecule has 0 spiro atoms. The van der Waals surface area contributed by atoms with Crippen molar-refractivity contribution < 1.29 is 9.90 Å². The van der Waals surface area contributed by atoms with Crippen LogP contribution in [0.3, 0.4) is 0 Å². The predicted octanol–water partition coefficient (Wildman–Crippen LogP) is 3.46. The van der Waals surface area contributed by atoms with E-state index in [2.05, 4.69) is 53.4 Å². The Morgan fingerprint density at radius 3 is 1.96 bits per heavy atom. The number of hydrogen-bond donors (Lipinski definition) is 1. The highest BCUT2D eigenvalue weighted by atomic mass is 16.4. The molecule has 1 aliphatic heterocycles. The maximum Gasteiger partial charge on any atom is 0.407 e. The van der Waals surface area contributed by atoms with Gasteiger partial charge in [0.15, 0.2) is 0 Å². The number of carboxylic acid groups (broad SMARTS) is 1. The molecule has 1 saturated heterocycles. The van der Waals surface area contributed by atoms with E-state index in [1.54, 1.807) is 0 Å². The topological polar surface area (TPSA) is 43.8 Å². The summed E-state index contributed by atoms with van der Waals surface area (Å²) in [5.74, 6) is 0. The standard InChI is InChI=1S/C19H22N2O2/c1-15-14-20(12-13-21(15)19(22)23)18(16-8-4-2-5-9-16)17-10-6-3-7-11-17/h2-11,15,18H,12-14H2,1H3,(H,22,23)/t15-/m0/s1. The van der Waals surface area contributed by atoms with Crippen LogP contribution in [0.5, 0.6) is 0 Å². The Labute approximate surface area is 137 Å². The minimum Gasteiger partial charge on any atom is -0.465 e. The molecule has 0 saturated carbocycles. The van der Waals surface area contributed by atoms with Gasteiger partial charge in [-0.1, -0.05) is 60.7 Å². The van der Waals surface area contributed by atoms with Crippen LogP contribution < -0.4 is 0 Å². The lowest BCUT2D eigenvalue weighted by Crippen LogP contribution is -2.54. The molecule has 0 aliphatic carbocycles. The number of hydrogen-bond acceptors (Lipinski definition) is 2. The second-order valence-corrected chi connectivity index (χ2v) is 6.04. The monoisotopic (exact) mass is 310 g/mol. The van der Waals surface area contributed by atoms with Gasteiger partial charge in [-0.25, -0.2) is 4.79 Å². The second kappa shape index (κ2) is 6.84. The molecule has 120 valence electrons. The molecule has 1 heterocycles. The SMILES string of the molecule is C[C@H]1CN(C(c2ccccc2)c2ccccc2)CCN1C(=O)O. The number of nitrogens with zero attached hydrogens (tertiary/aromatic N) is 2. The molecule has 0 radical (unpaired) electrons. The van der Waals surface area contributed by atoms with Crippen molar-refractivity contribution in [3.8, 4) is 0 Å². The first-order valence-corrected chi connectivity index (χ1v) is 8.00. The number of amides is 1. The molecule has 1 atom stereocenters. The van der Waals surface area contributed by atoms with Crippen LogP contribution in [-0.2, 0) is 0 Å². The van der Waals surface area contributed by atoms with Crippen molar-refractivity contribution in [3.63, 3.8) is 0 Å². The van der Waals surface area contributed by atoms with E-state index in [-0.39, 0.29) is 12.1 Å². The van der Waals surface area contributed by atoms with Crippen molar-refractivity contribution in [1.29, 1.82) is 0 Å². The third-order valence-electron chi connectivity index (χ3n) is 4.50. The van der Waals surface area contributed by atoms with Crippen LogP contribution in [0.1, 0.15) is 24.1 Å². The molecule has 0 unspecified atom stereocenters. The summed E-state index contributed by atoms with van der Waals surface area (Å²) in [4.78, 5) is 15.2. The summed E-state index contributed by atoms with van der Waals surface area (Å²) in [5.41, 5.74) is 2.49. The first-order valence-electron chi connectivity index (χ1n) is 8.00. The van der Waals surface area contributed by atoms with E-state index >= 15 is 0 Å². The van der Waals surface area contributed by atoms with Crippen LogP contribution in [-0.4, -0.2) is 46.7 Å². The molecule has 2 aromatic carbocycles. The van der Waals surface area contributed by atoms with Gasteiger partial charge >= 0.3 is 6.09 Å². The highest BCUT2D eigenvalue weighted by Gasteiger charge is 2.32. The van der Waals surface area contributed by atoms with E-state index in [1.165, 1.54) is 16.0 Å². The third-order valence-corrected chi connectivity index (χ3v) is 4.50. The second-order valence-electron chi connectivity index (χ2n) is 6.04. The summed E-state index contributed by atoms with van der Waals surface area (Å²) >= 11 is 0. The summed E-state index contributed by atoms with van der Waals surface area (Å²) in [5, 5.41) is 9.27. The van der Waals surface area contributed by atoms with Gasteiger partial charge in [-0.2, -0.15) is 0 Å². The lowest BCUT2D eigenvalue weighted by molar-refractivity contribution is 0.0615. The van der Waals surface area contributed by atoms with Crippen LogP contribution in [0.2, 0.25) is 0 Å². The molecule has 1 aliphatic rings. The van der Waals surface area contributed by atoms with Gasteiger partial charge in [-0.15, -0.1) is 0 Å². The van der Waals surface area contributed by atoms with E-state index < -0.39 is 6.09 Å². The summed E-state index contributed by atoms with van der Waals surface area (Å²) in [6.07, 6.45) is -0.826. The maximum atomic E-state index is 11.3. The quantitative estimate of drug-likeness (QED) is 0.944. The van der Waals surface area contributed by atoms with Gasteiger partial charge in [-0.05, 0) is 18.1 Å². The lowest BCUT2D eigenvalue weighted by Gasteiger charge is -2.42. The number of rotatable bonds is 3. The zero-order chi connectivity index (χ0) is 16.2. The fourth-order valence-electron chi connectivity index (χ4n) is 3.39. The summed E-state index contributed by atoms with van der Waals surface area (Å²) in [7, 11) is 0. The molecule has 4 nitrogen and oxygen atoms in total. The minimum absolute atomic E-state index is 0.00354. The Kier molecular flexibility index (Phi) is 4.63. The molecule has 1 fully saturated rings. The molecule has 0 aromatic heterocycles. The molecule has 0 bridgehead atoms. The smallest absolute Gasteiger partial charge is 0.407 e. The van der Waals surface area contributed by atoms with E-state index in [1.807, 2.05) is 19.1 Å². The van der Waals surface area contributed by atoms with E-state index in [9.17, 15) is 9.90 Å². The van der Waals surface area contributed by atoms with Crippen molar-refractivity contribution in [2.75, 3.05) is 19.6 Å². The highest BCUT2D eigenvalue weighted by Crippen LogP contribution is 2.30. The van der Waals surface area contributed by atoms with Gasteiger partial charge in [0.2, 0.25) is 0 Å². The number of piperazine rings is 1. The highest BCUT2D eigenvalue weighted by molar-refractivity contribution is 5.65. The molecule has 4 heteroatoms. The number of benzene rings is 2. The first kappa shape index (κ1) is 15.6. The normalized spacial score (nSPS) is 19.0. The Bertz CT molecular complexity index is 605. The van der Waals surface area contributed by atoms with Crippen molar-refractivity contribution >= 4 is 6.09 Å². The average Bonchev–Trinajstić information content (AvgIpc) is 2.57. The van der Waals surface area contributed by atoms with Crippen LogP contribution in [0.25, 0.3) is 0 Å². The molecule has 1 amide bonds. The molecule has 3 rings (SSSR count). The Morgan fingerprint density at radius 2 is 1.52 bits per heavy atom. The molecule has 2 aromatic rings. The van der Waals surface area contributed by atoms with E-state index in [0.29, 0.717) is 6.54 Å². The van der Waals surface area contributed by atoms with Crippen LogP contribution >= 0.6 is 0 Å². The fraction of sp³-hybridized carbons (Fsp3) is 0.316. The van der Waals surface area contributed by atoms with Crippen molar-refractivity contribution in [1.82, 2.24) is 9.80 Å². The van der Waals surface area contributed by atoms with E-state index in [4.69, 9.17) is 0 Å². The third kappa shape index (κ3) is 3.37. The largest absolute Gasteiger partial charge is 0.465 e. The Balaban J connectivity index is 1.90. The summed E-state index contributed by atoms with van der Waals surface area (Å²) in [6, 6.07) is 21.0. The van der Waals surface area contributed by atoms with Crippen molar-refractivity contribution in [2.24, 2.45) is 0 Å². The molecular formula is C19H22N2O2. The Hall–Kier alpha value is -2.33. The fourth-order valence-corrected chi connectivity index (χ4v) is 3.39. The van der Waals surface area contributed by atoms with Gasteiger partial charge in [0.05, 0.1) is 6.04 Å². The lowest BCUT2D eigenvalue weighted by atomic mass is 9.95. The van der Waals surface area contributed by atoms with Crippen molar-refractivity contribution in [2.45, 2.75) is 19.0 Å². The molecule has 23 heavy (non-hydrogen) atoms. The molecular weight excluding hydrogens is 288 g/mol. The van der Waals surface area contributed by atoms with Gasteiger partial charge in [0.1, 0.15) is 0 Å². The zero-order valence-corrected chi connectivity index (χ0v) is 13.3. The predicted molar refractivity (Wildman–Crippen MR) is 90.5 cm³/mol. The maximum absolute atomic E-state index is 11.3. The van der Waals surface area contributed by atoms with Crippen molar-refractivity contribution in [3.05, 3.63) is 71.8 Å². The van der Waals surface area contributed by atoms with Gasteiger partial charge in [0.25, 0.3) is 0 Å². The van der Waals surface area contributed by atoms with Gasteiger partial charge in [-0.3, -0.25) is 4.90 Å². The summed E-state index contributed by atoms with van der Waals surface area (Å²) < 4.78 is 0. The Morgan fingerprint density at radius 1 is 1.00 bits per heavy atom. The van der Waals surface area contributed by atoms with Gasteiger partial charge in [0, 0.05) is 25.7 Å². The average molecular weight is 310 g/mol. The minimum atomic E-state index is -0.826. The number of carbonyl (C=O) groups is 1. The van der Waals surface area contributed by atoms with Gasteiger partial charge < -0.3 is 10.0 Å². The molecule has 1 N–H and O–H groups in total. The van der Waals surface area contributed by atoms with Crippen LogP contribution in [0.15, 0.2) is 60.7 Å². The van der Waals surface area contributed by atoms with Crippen LogP contribution in [0, 0.1) is 0 Å². The van der Waals surface area contributed by atoms with E-state index in [0.717, 1.165) is 13.1 Å². The first-order chi connectivity index (χ1) is 11.2. The zero-order valence-electron chi connectivity index (χ0n) is 13.3.